The summed E-state index contributed by atoms with van der Waals surface area (Å²) < 4.78 is 11.5. The van der Waals surface area contributed by atoms with Crippen molar-refractivity contribution in [2.45, 2.75) is 12.6 Å². The van der Waals surface area contributed by atoms with Crippen LogP contribution in [-0.2, 0) is 6.54 Å². The van der Waals surface area contributed by atoms with Crippen LogP contribution in [0.5, 0.6) is 11.6 Å². The molecule has 2 aromatic rings. The zero-order chi connectivity index (χ0) is 13.8. The van der Waals surface area contributed by atoms with Gasteiger partial charge in [-0.3, -0.25) is 0 Å². The lowest BCUT2D eigenvalue weighted by Gasteiger charge is -2.25. The van der Waals surface area contributed by atoms with Gasteiger partial charge in [-0.05, 0) is 28.8 Å². The topological polar surface area (TPSA) is 80.1 Å². The van der Waals surface area contributed by atoms with Crippen molar-refractivity contribution in [1.29, 1.82) is 0 Å². The fraction of sp³-hybridized carbons (Fsp3) is 0.214. The Morgan fingerprint density at radius 3 is 2.95 bits per heavy atom. The van der Waals surface area contributed by atoms with E-state index in [0.717, 1.165) is 11.1 Å². The van der Waals surface area contributed by atoms with E-state index in [1.54, 1.807) is 6.20 Å². The summed E-state index contributed by atoms with van der Waals surface area (Å²) in [6, 6.07) is 11.4. The minimum Gasteiger partial charge on any atom is -0.484 e. The first-order chi connectivity index (χ1) is 9.86. The molecule has 100 valence electrons. The fourth-order valence-corrected chi connectivity index (χ4v) is 2.02. The van der Waals surface area contributed by atoms with Crippen LogP contribution in [0.25, 0.3) is 10.4 Å². The van der Waals surface area contributed by atoms with E-state index in [4.69, 9.17) is 15.0 Å². The van der Waals surface area contributed by atoms with Crippen molar-refractivity contribution in [3.63, 3.8) is 0 Å². The predicted molar refractivity (Wildman–Crippen MR) is 72.4 cm³/mol. The molecule has 3 rings (SSSR count). The Labute approximate surface area is 115 Å². The normalized spacial score (nSPS) is 16.3. The standard InChI is InChI=1S/C14H12N4O2/c15-18-17-8-10-3-5-11(6-4-10)13-9-19-12-2-1-7-16-14(12)20-13/h1-7,13H,8-9H2. The molecule has 1 aromatic carbocycles. The highest BCUT2D eigenvalue weighted by atomic mass is 16.6. The molecular weight excluding hydrogens is 256 g/mol. The number of benzene rings is 1. The van der Waals surface area contributed by atoms with Gasteiger partial charge in [-0.1, -0.05) is 29.4 Å². The van der Waals surface area contributed by atoms with Crippen LogP contribution in [-0.4, -0.2) is 11.6 Å². The summed E-state index contributed by atoms with van der Waals surface area (Å²) in [5.41, 5.74) is 10.3. The number of fused-ring (bicyclic) bond motifs is 1. The summed E-state index contributed by atoms with van der Waals surface area (Å²) in [5.74, 6) is 1.19. The largest absolute Gasteiger partial charge is 0.484 e. The Morgan fingerprint density at radius 2 is 2.15 bits per heavy atom. The molecular formula is C14H12N4O2. The molecule has 0 bridgehead atoms. The average molecular weight is 268 g/mol. The summed E-state index contributed by atoms with van der Waals surface area (Å²) >= 11 is 0. The summed E-state index contributed by atoms with van der Waals surface area (Å²) in [5, 5.41) is 3.53. The number of pyridine rings is 1. The molecule has 1 atom stereocenters. The molecule has 20 heavy (non-hydrogen) atoms. The van der Waals surface area contributed by atoms with Gasteiger partial charge in [0, 0.05) is 11.1 Å². The third-order valence-electron chi connectivity index (χ3n) is 3.05. The van der Waals surface area contributed by atoms with Gasteiger partial charge in [0.25, 0.3) is 5.88 Å². The van der Waals surface area contributed by atoms with Crippen LogP contribution in [0.1, 0.15) is 17.2 Å². The first kappa shape index (κ1) is 12.3. The second-order valence-corrected chi connectivity index (χ2v) is 4.35. The molecule has 0 aliphatic carbocycles. The Balaban J connectivity index is 1.76. The predicted octanol–water partition coefficient (Wildman–Crippen LogP) is 3.40. The Morgan fingerprint density at radius 1 is 1.30 bits per heavy atom. The summed E-state index contributed by atoms with van der Waals surface area (Å²) in [4.78, 5) is 6.89. The summed E-state index contributed by atoms with van der Waals surface area (Å²) in [7, 11) is 0. The maximum absolute atomic E-state index is 8.29. The third kappa shape index (κ3) is 2.50. The van der Waals surface area contributed by atoms with Crippen LogP contribution in [0.4, 0.5) is 0 Å². The molecule has 0 N–H and O–H groups in total. The zero-order valence-corrected chi connectivity index (χ0v) is 10.6. The average Bonchev–Trinajstić information content (AvgIpc) is 2.53. The van der Waals surface area contributed by atoms with Crippen molar-refractivity contribution in [1.82, 2.24) is 4.98 Å². The van der Waals surface area contributed by atoms with E-state index in [1.807, 2.05) is 36.4 Å². The van der Waals surface area contributed by atoms with Crippen LogP contribution in [0.3, 0.4) is 0 Å². The monoisotopic (exact) mass is 268 g/mol. The maximum Gasteiger partial charge on any atom is 0.257 e. The first-order valence-corrected chi connectivity index (χ1v) is 6.21. The number of rotatable bonds is 3. The molecule has 0 saturated heterocycles. The lowest BCUT2D eigenvalue weighted by atomic mass is 10.1. The Kier molecular flexibility index (Phi) is 3.39. The molecule has 2 heterocycles. The molecule has 1 aliphatic rings. The lowest BCUT2D eigenvalue weighted by molar-refractivity contribution is 0.0851. The fourth-order valence-electron chi connectivity index (χ4n) is 2.02. The van der Waals surface area contributed by atoms with Crippen molar-refractivity contribution in [2.24, 2.45) is 5.11 Å². The van der Waals surface area contributed by atoms with Gasteiger partial charge in [0.2, 0.25) is 0 Å². The third-order valence-corrected chi connectivity index (χ3v) is 3.05. The Bertz CT molecular complexity index is 650. The van der Waals surface area contributed by atoms with Crippen molar-refractivity contribution in [2.75, 3.05) is 6.61 Å². The zero-order valence-electron chi connectivity index (χ0n) is 10.6. The molecule has 0 saturated carbocycles. The second-order valence-electron chi connectivity index (χ2n) is 4.35. The van der Waals surface area contributed by atoms with Crippen LogP contribution in [0, 0.1) is 0 Å². The molecule has 6 nitrogen and oxygen atoms in total. The van der Waals surface area contributed by atoms with Gasteiger partial charge >= 0.3 is 0 Å². The Hall–Kier alpha value is -2.72. The molecule has 0 amide bonds. The highest BCUT2D eigenvalue weighted by molar-refractivity contribution is 5.35. The first-order valence-electron chi connectivity index (χ1n) is 6.21. The number of ether oxygens (including phenoxy) is 2. The van der Waals surface area contributed by atoms with Gasteiger partial charge < -0.3 is 9.47 Å². The molecule has 6 heteroatoms. The lowest BCUT2D eigenvalue weighted by Crippen LogP contribution is -2.22. The molecule has 0 spiro atoms. The van der Waals surface area contributed by atoms with Gasteiger partial charge in [-0.25, -0.2) is 4.98 Å². The van der Waals surface area contributed by atoms with Gasteiger partial charge in [-0.15, -0.1) is 0 Å². The highest BCUT2D eigenvalue weighted by Gasteiger charge is 2.23. The molecule has 0 radical (unpaired) electrons. The number of nitrogens with zero attached hydrogens (tertiary/aromatic N) is 4. The van der Waals surface area contributed by atoms with Crippen LogP contribution >= 0.6 is 0 Å². The van der Waals surface area contributed by atoms with Crippen molar-refractivity contribution < 1.29 is 9.47 Å². The van der Waals surface area contributed by atoms with Gasteiger partial charge in [0.05, 0.1) is 6.54 Å². The number of hydrogen-bond donors (Lipinski definition) is 0. The summed E-state index contributed by atoms with van der Waals surface area (Å²) in [6.45, 7) is 0.803. The van der Waals surface area contributed by atoms with E-state index in [-0.39, 0.29) is 6.10 Å². The van der Waals surface area contributed by atoms with Crippen LogP contribution in [0.15, 0.2) is 47.7 Å². The molecule has 0 fully saturated rings. The molecule has 1 aliphatic heterocycles. The van der Waals surface area contributed by atoms with Gasteiger partial charge in [-0.2, -0.15) is 0 Å². The van der Waals surface area contributed by atoms with E-state index in [1.165, 1.54) is 0 Å². The maximum atomic E-state index is 8.29. The van der Waals surface area contributed by atoms with Crippen LogP contribution in [0.2, 0.25) is 0 Å². The quantitative estimate of drug-likeness (QED) is 0.486. The number of aromatic nitrogens is 1. The summed E-state index contributed by atoms with van der Waals surface area (Å²) in [6.07, 6.45) is 1.50. The van der Waals surface area contributed by atoms with E-state index in [9.17, 15) is 0 Å². The van der Waals surface area contributed by atoms with E-state index in [2.05, 4.69) is 15.0 Å². The number of azide groups is 1. The smallest absolute Gasteiger partial charge is 0.257 e. The molecule has 1 aromatic heterocycles. The SMILES string of the molecule is [N-]=[N+]=NCc1ccc(C2COc3cccnc3O2)cc1. The second kappa shape index (κ2) is 5.50. The van der Waals surface area contributed by atoms with E-state index >= 15 is 0 Å². The van der Waals surface area contributed by atoms with Crippen molar-refractivity contribution >= 4 is 0 Å². The van der Waals surface area contributed by atoms with E-state index in [0.29, 0.717) is 24.8 Å². The minimum atomic E-state index is -0.175. The van der Waals surface area contributed by atoms with Crippen molar-refractivity contribution in [3.05, 3.63) is 64.2 Å². The van der Waals surface area contributed by atoms with Gasteiger partial charge in [0.1, 0.15) is 6.61 Å². The number of hydrogen-bond acceptors (Lipinski definition) is 4. The molecule has 1 unspecified atom stereocenters. The highest BCUT2D eigenvalue weighted by Crippen LogP contribution is 2.33. The van der Waals surface area contributed by atoms with E-state index < -0.39 is 0 Å². The minimum absolute atomic E-state index is 0.175. The van der Waals surface area contributed by atoms with Crippen LogP contribution < -0.4 is 9.47 Å². The van der Waals surface area contributed by atoms with Gasteiger partial charge in [0.15, 0.2) is 11.9 Å². The van der Waals surface area contributed by atoms with Crippen molar-refractivity contribution in [3.8, 4) is 11.6 Å².